The first kappa shape index (κ1) is 19.9. The highest BCUT2D eigenvalue weighted by Crippen LogP contribution is 2.34. The maximum Gasteiger partial charge on any atom is 0.348 e. The van der Waals surface area contributed by atoms with Crippen molar-refractivity contribution in [2.24, 2.45) is 0 Å². The number of benzene rings is 1. The van der Waals surface area contributed by atoms with Gasteiger partial charge in [0, 0.05) is 4.90 Å². The molecule has 6 nitrogen and oxygen atoms in total. The molecule has 0 bridgehead atoms. The summed E-state index contributed by atoms with van der Waals surface area (Å²) in [5.74, 6) is -1.93. The number of thioether (sulfide) groups is 1. The number of rotatable bonds is 6. The molecule has 2 aromatic rings. The molecule has 1 N–H and O–H groups in total. The molecule has 1 aromatic heterocycles. The molecule has 0 radical (unpaired) electrons. The molecule has 26 heavy (non-hydrogen) atoms. The number of thiophene rings is 1. The van der Waals surface area contributed by atoms with E-state index in [1.807, 2.05) is 0 Å². The molecular weight excluding hydrogens is 381 g/mol. The Morgan fingerprint density at radius 3 is 2.31 bits per heavy atom. The van der Waals surface area contributed by atoms with Gasteiger partial charge in [0.2, 0.25) is 5.91 Å². The summed E-state index contributed by atoms with van der Waals surface area (Å²) in [7, 11) is 2.45. The van der Waals surface area contributed by atoms with E-state index in [2.05, 4.69) is 5.32 Å². The van der Waals surface area contributed by atoms with Gasteiger partial charge in [0.05, 0.1) is 25.5 Å². The van der Waals surface area contributed by atoms with Gasteiger partial charge in [-0.3, -0.25) is 4.79 Å². The van der Waals surface area contributed by atoms with Crippen molar-refractivity contribution in [3.05, 3.63) is 46.1 Å². The van der Waals surface area contributed by atoms with Crippen molar-refractivity contribution in [2.45, 2.75) is 11.8 Å². The maximum atomic E-state index is 12.9. The maximum absolute atomic E-state index is 12.9. The molecule has 1 amide bonds. The van der Waals surface area contributed by atoms with E-state index in [1.165, 1.54) is 38.1 Å². The van der Waals surface area contributed by atoms with Gasteiger partial charge in [-0.2, -0.15) is 0 Å². The number of nitrogens with one attached hydrogen (secondary N) is 1. The van der Waals surface area contributed by atoms with Crippen LogP contribution in [-0.2, 0) is 14.3 Å². The summed E-state index contributed by atoms with van der Waals surface area (Å²) in [6.45, 7) is 1.58. The summed E-state index contributed by atoms with van der Waals surface area (Å²) < 4.78 is 22.3. The fourth-order valence-corrected chi connectivity index (χ4v) is 3.91. The number of amides is 1. The smallest absolute Gasteiger partial charge is 0.348 e. The molecular formula is C17H16FNO5S2. The molecule has 0 atom stereocenters. The Morgan fingerprint density at radius 2 is 1.73 bits per heavy atom. The lowest BCUT2D eigenvalue weighted by Crippen LogP contribution is -2.16. The van der Waals surface area contributed by atoms with Crippen LogP contribution in [0.25, 0.3) is 0 Å². The van der Waals surface area contributed by atoms with E-state index in [-0.39, 0.29) is 32.9 Å². The number of hydrogen-bond donors (Lipinski definition) is 1. The van der Waals surface area contributed by atoms with Gasteiger partial charge in [0.15, 0.2) is 0 Å². The summed E-state index contributed by atoms with van der Waals surface area (Å²) in [6.07, 6.45) is 0. The molecule has 0 aliphatic carbocycles. The Balaban J connectivity index is 2.16. The van der Waals surface area contributed by atoms with Gasteiger partial charge in [0.25, 0.3) is 0 Å². The first-order chi connectivity index (χ1) is 12.4. The fourth-order valence-electron chi connectivity index (χ4n) is 2.08. The summed E-state index contributed by atoms with van der Waals surface area (Å²) in [4.78, 5) is 37.0. The monoisotopic (exact) mass is 397 g/mol. The highest BCUT2D eigenvalue weighted by atomic mass is 32.2. The largest absolute Gasteiger partial charge is 0.465 e. The molecule has 0 aliphatic rings. The summed E-state index contributed by atoms with van der Waals surface area (Å²) in [5, 5.41) is 2.85. The molecule has 0 saturated heterocycles. The van der Waals surface area contributed by atoms with Gasteiger partial charge in [0.1, 0.15) is 15.7 Å². The Kier molecular flexibility index (Phi) is 6.76. The van der Waals surface area contributed by atoms with Gasteiger partial charge in [-0.15, -0.1) is 23.1 Å². The van der Waals surface area contributed by atoms with Gasteiger partial charge in [-0.25, -0.2) is 14.0 Å². The molecule has 2 rings (SSSR count). The SMILES string of the molecule is COC(=O)c1sc(NC(=O)CSc2ccc(F)cc2)c(C(=O)OC)c1C. The van der Waals surface area contributed by atoms with Crippen LogP contribution in [0, 0.1) is 12.7 Å². The first-order valence-corrected chi connectivity index (χ1v) is 9.15. The van der Waals surface area contributed by atoms with Crippen molar-refractivity contribution < 1.29 is 28.2 Å². The van der Waals surface area contributed by atoms with Crippen LogP contribution in [0.4, 0.5) is 9.39 Å². The lowest BCUT2D eigenvalue weighted by atomic mass is 10.1. The van der Waals surface area contributed by atoms with E-state index < -0.39 is 11.9 Å². The number of halogens is 1. The van der Waals surface area contributed by atoms with E-state index in [1.54, 1.807) is 19.1 Å². The van der Waals surface area contributed by atoms with Crippen LogP contribution in [0.1, 0.15) is 25.6 Å². The summed E-state index contributed by atoms with van der Waals surface area (Å²) in [6, 6.07) is 5.75. The second-order valence-corrected chi connectivity index (χ2v) is 7.10. The van der Waals surface area contributed by atoms with Crippen LogP contribution >= 0.6 is 23.1 Å². The van der Waals surface area contributed by atoms with Crippen LogP contribution in [0.5, 0.6) is 0 Å². The second kappa shape index (κ2) is 8.81. The molecule has 0 spiro atoms. The molecule has 0 saturated carbocycles. The van der Waals surface area contributed by atoms with E-state index in [0.29, 0.717) is 5.56 Å². The predicted molar refractivity (Wildman–Crippen MR) is 97.5 cm³/mol. The zero-order valence-corrected chi connectivity index (χ0v) is 15.9. The average molecular weight is 397 g/mol. The number of anilines is 1. The molecule has 138 valence electrons. The average Bonchev–Trinajstić information content (AvgIpc) is 2.96. The van der Waals surface area contributed by atoms with E-state index >= 15 is 0 Å². The minimum absolute atomic E-state index is 0.0523. The number of hydrogen-bond acceptors (Lipinski definition) is 7. The first-order valence-electron chi connectivity index (χ1n) is 7.35. The molecule has 0 unspecified atom stereocenters. The Hall–Kier alpha value is -2.39. The van der Waals surface area contributed by atoms with Crippen molar-refractivity contribution in [2.75, 3.05) is 25.3 Å². The highest BCUT2D eigenvalue weighted by Gasteiger charge is 2.26. The molecule has 1 aromatic carbocycles. The number of carbonyl (C=O) groups excluding carboxylic acids is 3. The Bertz CT molecular complexity index is 832. The van der Waals surface area contributed by atoms with Crippen molar-refractivity contribution in [3.63, 3.8) is 0 Å². The lowest BCUT2D eigenvalue weighted by molar-refractivity contribution is -0.113. The van der Waals surface area contributed by atoms with Crippen molar-refractivity contribution in [1.82, 2.24) is 0 Å². The Morgan fingerprint density at radius 1 is 1.12 bits per heavy atom. The van der Waals surface area contributed by atoms with Gasteiger partial charge < -0.3 is 14.8 Å². The minimum atomic E-state index is -0.657. The minimum Gasteiger partial charge on any atom is -0.465 e. The van der Waals surface area contributed by atoms with Gasteiger partial charge in [-0.05, 0) is 36.8 Å². The number of esters is 2. The molecule has 0 fully saturated rings. The summed E-state index contributed by atoms with van der Waals surface area (Å²) >= 11 is 2.16. The Labute approximate surface area is 157 Å². The van der Waals surface area contributed by atoms with E-state index in [0.717, 1.165) is 16.2 Å². The third-order valence-corrected chi connectivity index (χ3v) is 5.54. The zero-order valence-electron chi connectivity index (χ0n) is 14.3. The molecule has 0 aliphatic heterocycles. The van der Waals surface area contributed by atoms with Gasteiger partial charge >= 0.3 is 11.9 Å². The van der Waals surface area contributed by atoms with E-state index in [9.17, 15) is 18.8 Å². The number of carbonyl (C=O) groups is 3. The highest BCUT2D eigenvalue weighted by molar-refractivity contribution is 8.00. The van der Waals surface area contributed by atoms with E-state index in [4.69, 9.17) is 9.47 Å². The van der Waals surface area contributed by atoms with Crippen molar-refractivity contribution in [1.29, 1.82) is 0 Å². The predicted octanol–water partition coefficient (Wildman–Crippen LogP) is 3.50. The third kappa shape index (κ3) is 4.61. The summed E-state index contributed by atoms with van der Waals surface area (Å²) in [5.41, 5.74) is 0.508. The van der Waals surface area contributed by atoms with Gasteiger partial charge in [-0.1, -0.05) is 0 Å². The second-order valence-electron chi connectivity index (χ2n) is 5.03. The quantitative estimate of drug-likeness (QED) is 0.594. The van der Waals surface area contributed by atoms with Crippen LogP contribution in [0.2, 0.25) is 0 Å². The van der Waals surface area contributed by atoms with Crippen molar-refractivity contribution >= 4 is 45.9 Å². The third-order valence-electron chi connectivity index (χ3n) is 3.34. The number of ether oxygens (including phenoxy) is 2. The zero-order chi connectivity index (χ0) is 19.3. The molecule has 9 heteroatoms. The van der Waals surface area contributed by atoms with Crippen LogP contribution in [0.15, 0.2) is 29.2 Å². The topological polar surface area (TPSA) is 81.7 Å². The lowest BCUT2D eigenvalue weighted by Gasteiger charge is -2.06. The molecule has 1 heterocycles. The van der Waals surface area contributed by atoms with Crippen LogP contribution < -0.4 is 5.32 Å². The standard InChI is InChI=1S/C17H16FNO5S2/c1-9-13(16(21)23-2)15(26-14(9)17(22)24-3)19-12(20)8-25-11-6-4-10(18)5-7-11/h4-7H,8H2,1-3H3,(H,19,20). The van der Waals surface area contributed by atoms with Crippen molar-refractivity contribution in [3.8, 4) is 0 Å². The van der Waals surface area contributed by atoms with Crippen LogP contribution in [0.3, 0.4) is 0 Å². The normalized spacial score (nSPS) is 10.3. The van der Waals surface area contributed by atoms with Crippen LogP contribution in [-0.4, -0.2) is 37.8 Å². The fraction of sp³-hybridized carbons (Fsp3) is 0.235. The number of methoxy groups -OCH3 is 2.